The molecule has 0 unspecified atom stereocenters. The normalized spacial score (nSPS) is 14.4. The summed E-state index contributed by atoms with van der Waals surface area (Å²) in [7, 11) is -1.65. The Kier molecular flexibility index (Phi) is 4.97. The van der Waals surface area contributed by atoms with Gasteiger partial charge in [-0.2, -0.15) is 0 Å². The summed E-state index contributed by atoms with van der Waals surface area (Å²) in [6, 6.07) is 5.95. The molecule has 1 N–H and O–H groups in total. The monoisotopic (exact) mass is 394 g/mol. The molecule has 10 heteroatoms. The summed E-state index contributed by atoms with van der Waals surface area (Å²) in [5, 5.41) is 5.04. The zero-order chi connectivity index (χ0) is 18.9. The number of sulfone groups is 1. The summed E-state index contributed by atoms with van der Waals surface area (Å²) in [5.41, 5.74) is 1.19. The van der Waals surface area contributed by atoms with Gasteiger partial charge in [0.25, 0.3) is 0 Å². The standard InChI is InChI=1S/C16H18N4O4S2/c1-19(12-3-5-13(6-4-12)26(2,23)24)14(21)9-11-10-25-16(18-11)20-8-7-17-15(20)22/h3-6,10H,7-9H2,1-2H3,(H,17,22). The SMILES string of the molecule is CN(C(=O)Cc1csc(N2CCNC2=O)n1)c1ccc(S(C)(=O)=O)cc1. The van der Waals surface area contributed by atoms with Crippen LogP contribution < -0.4 is 15.1 Å². The number of urea groups is 1. The van der Waals surface area contributed by atoms with E-state index >= 15 is 0 Å². The Labute approximate surface area is 155 Å². The van der Waals surface area contributed by atoms with Crippen LogP contribution in [-0.4, -0.2) is 51.7 Å². The molecule has 0 spiro atoms. The molecule has 8 nitrogen and oxygen atoms in total. The zero-order valence-electron chi connectivity index (χ0n) is 14.3. The number of aromatic nitrogens is 1. The Bertz CT molecular complexity index is 937. The average Bonchev–Trinajstić information content (AvgIpc) is 3.22. The third-order valence-corrected chi connectivity index (χ3v) is 6.03. The van der Waals surface area contributed by atoms with E-state index < -0.39 is 9.84 Å². The van der Waals surface area contributed by atoms with Crippen LogP contribution in [0.2, 0.25) is 0 Å². The van der Waals surface area contributed by atoms with Crippen molar-refractivity contribution in [2.45, 2.75) is 11.3 Å². The van der Waals surface area contributed by atoms with Gasteiger partial charge in [-0.25, -0.2) is 18.2 Å². The molecule has 138 valence electrons. The van der Waals surface area contributed by atoms with Gasteiger partial charge in [-0.15, -0.1) is 11.3 Å². The van der Waals surface area contributed by atoms with Crippen LogP contribution in [0.25, 0.3) is 0 Å². The summed E-state index contributed by atoms with van der Waals surface area (Å²) in [6.45, 7) is 1.14. The number of nitrogens with one attached hydrogen (secondary N) is 1. The summed E-state index contributed by atoms with van der Waals surface area (Å²) in [5.74, 6) is -0.181. The van der Waals surface area contributed by atoms with E-state index in [1.807, 2.05) is 0 Å². The van der Waals surface area contributed by atoms with E-state index in [9.17, 15) is 18.0 Å². The first-order valence-electron chi connectivity index (χ1n) is 7.82. The van der Waals surface area contributed by atoms with Gasteiger partial charge in [-0.3, -0.25) is 9.69 Å². The number of carbonyl (C=O) groups excluding carboxylic acids is 2. The van der Waals surface area contributed by atoms with E-state index in [4.69, 9.17) is 0 Å². The van der Waals surface area contributed by atoms with Gasteiger partial charge in [0.1, 0.15) is 0 Å². The number of carbonyl (C=O) groups is 2. The maximum absolute atomic E-state index is 12.5. The van der Waals surface area contributed by atoms with Crippen molar-refractivity contribution in [2.24, 2.45) is 0 Å². The first-order chi connectivity index (χ1) is 12.3. The van der Waals surface area contributed by atoms with Crippen molar-refractivity contribution in [2.75, 3.05) is 36.2 Å². The molecule has 1 saturated heterocycles. The van der Waals surface area contributed by atoms with Crippen molar-refractivity contribution < 1.29 is 18.0 Å². The van der Waals surface area contributed by atoms with Crippen LogP contribution in [0.4, 0.5) is 15.6 Å². The molecular formula is C16H18N4O4S2. The lowest BCUT2D eigenvalue weighted by molar-refractivity contribution is -0.117. The minimum absolute atomic E-state index is 0.0935. The van der Waals surface area contributed by atoms with Gasteiger partial charge < -0.3 is 10.2 Å². The van der Waals surface area contributed by atoms with E-state index in [0.29, 0.717) is 29.6 Å². The maximum Gasteiger partial charge on any atom is 0.323 e. The molecular weight excluding hydrogens is 376 g/mol. The van der Waals surface area contributed by atoms with Gasteiger partial charge in [-0.05, 0) is 24.3 Å². The number of anilines is 2. The van der Waals surface area contributed by atoms with Crippen molar-refractivity contribution in [1.82, 2.24) is 10.3 Å². The molecule has 2 aromatic rings. The Balaban J connectivity index is 1.68. The van der Waals surface area contributed by atoms with Crippen molar-refractivity contribution in [3.05, 3.63) is 35.3 Å². The summed E-state index contributed by atoms with van der Waals surface area (Å²) >= 11 is 1.32. The van der Waals surface area contributed by atoms with E-state index in [1.54, 1.807) is 29.5 Å². The van der Waals surface area contributed by atoms with Gasteiger partial charge in [-0.1, -0.05) is 0 Å². The number of hydrogen-bond donors (Lipinski definition) is 1. The van der Waals surface area contributed by atoms with Crippen molar-refractivity contribution in [1.29, 1.82) is 0 Å². The highest BCUT2D eigenvalue weighted by atomic mass is 32.2. The van der Waals surface area contributed by atoms with Crippen LogP contribution in [0.5, 0.6) is 0 Å². The first-order valence-corrected chi connectivity index (χ1v) is 10.6. The highest BCUT2D eigenvalue weighted by Crippen LogP contribution is 2.23. The fourth-order valence-corrected chi connectivity index (χ4v) is 3.97. The number of likely N-dealkylation sites (N-methyl/N-ethyl adjacent to an activating group) is 1. The third-order valence-electron chi connectivity index (χ3n) is 3.99. The second-order valence-corrected chi connectivity index (χ2v) is 8.75. The maximum atomic E-state index is 12.5. The number of rotatable bonds is 5. The molecule has 0 atom stereocenters. The van der Waals surface area contributed by atoms with Crippen LogP contribution in [0.3, 0.4) is 0 Å². The molecule has 3 rings (SSSR count). The largest absolute Gasteiger partial charge is 0.336 e. The molecule has 1 aromatic heterocycles. The lowest BCUT2D eigenvalue weighted by Crippen LogP contribution is -2.28. The second kappa shape index (κ2) is 7.04. The van der Waals surface area contributed by atoms with Crippen LogP contribution in [0.1, 0.15) is 5.69 Å². The smallest absolute Gasteiger partial charge is 0.323 e. The molecule has 1 aliphatic rings. The minimum Gasteiger partial charge on any atom is -0.336 e. The van der Waals surface area contributed by atoms with Gasteiger partial charge in [0, 0.05) is 37.5 Å². The topological polar surface area (TPSA) is 99.7 Å². The fraction of sp³-hybridized carbons (Fsp3) is 0.312. The van der Waals surface area contributed by atoms with Gasteiger partial charge >= 0.3 is 6.03 Å². The summed E-state index contributed by atoms with van der Waals surface area (Å²) in [6.07, 6.45) is 1.23. The predicted molar refractivity (Wildman–Crippen MR) is 99.5 cm³/mol. The highest BCUT2D eigenvalue weighted by molar-refractivity contribution is 7.90. The second-order valence-electron chi connectivity index (χ2n) is 5.90. The van der Waals surface area contributed by atoms with Crippen molar-refractivity contribution in [3.8, 4) is 0 Å². The molecule has 0 aliphatic carbocycles. The fourth-order valence-electron chi connectivity index (χ4n) is 2.49. The molecule has 1 aliphatic heterocycles. The molecule has 0 radical (unpaired) electrons. The lowest BCUT2D eigenvalue weighted by Gasteiger charge is -2.17. The lowest BCUT2D eigenvalue weighted by atomic mass is 10.2. The molecule has 1 fully saturated rings. The van der Waals surface area contributed by atoms with E-state index in [-0.39, 0.29) is 23.3 Å². The number of thiazole rings is 1. The highest BCUT2D eigenvalue weighted by Gasteiger charge is 2.24. The van der Waals surface area contributed by atoms with E-state index in [1.165, 1.54) is 28.4 Å². The number of amides is 3. The molecule has 2 heterocycles. The van der Waals surface area contributed by atoms with E-state index in [2.05, 4.69) is 10.3 Å². The Morgan fingerprint density at radius 2 is 2.04 bits per heavy atom. The number of hydrogen-bond acceptors (Lipinski definition) is 6. The van der Waals surface area contributed by atoms with Crippen molar-refractivity contribution >= 4 is 43.9 Å². The molecule has 3 amide bonds. The van der Waals surface area contributed by atoms with Crippen LogP contribution in [0.15, 0.2) is 34.5 Å². The quantitative estimate of drug-likeness (QED) is 0.824. The minimum atomic E-state index is -3.27. The molecule has 0 bridgehead atoms. The average molecular weight is 394 g/mol. The van der Waals surface area contributed by atoms with Crippen LogP contribution >= 0.6 is 11.3 Å². The Hall–Kier alpha value is -2.46. The van der Waals surface area contributed by atoms with E-state index in [0.717, 1.165) is 6.26 Å². The Morgan fingerprint density at radius 3 is 2.62 bits per heavy atom. The summed E-state index contributed by atoms with van der Waals surface area (Å²) < 4.78 is 23.0. The predicted octanol–water partition coefficient (Wildman–Crippen LogP) is 1.28. The van der Waals surface area contributed by atoms with Crippen LogP contribution in [-0.2, 0) is 21.1 Å². The number of benzene rings is 1. The zero-order valence-corrected chi connectivity index (χ0v) is 15.9. The van der Waals surface area contributed by atoms with Crippen molar-refractivity contribution in [3.63, 3.8) is 0 Å². The van der Waals surface area contributed by atoms with Gasteiger partial charge in [0.2, 0.25) is 5.91 Å². The molecule has 0 saturated carbocycles. The first kappa shape index (κ1) is 18.3. The molecule has 26 heavy (non-hydrogen) atoms. The van der Waals surface area contributed by atoms with Crippen LogP contribution in [0, 0.1) is 0 Å². The number of nitrogens with zero attached hydrogens (tertiary/aromatic N) is 3. The third kappa shape index (κ3) is 3.86. The van der Waals surface area contributed by atoms with Gasteiger partial charge in [0.05, 0.1) is 17.0 Å². The molecule has 1 aromatic carbocycles. The van der Waals surface area contributed by atoms with Gasteiger partial charge in [0.15, 0.2) is 15.0 Å². The summed E-state index contributed by atoms with van der Waals surface area (Å²) in [4.78, 5) is 31.7. The Morgan fingerprint density at radius 1 is 1.35 bits per heavy atom.